The second-order valence-corrected chi connectivity index (χ2v) is 6.56. The molecule has 1 atom stereocenters. The first-order valence-corrected chi connectivity index (χ1v) is 7.46. The average molecular weight is 320 g/mol. The van der Waals surface area contributed by atoms with Crippen LogP contribution in [0, 0.1) is 10.1 Å². The van der Waals surface area contributed by atoms with Gasteiger partial charge in [-0.05, 0) is 39.2 Å². The summed E-state index contributed by atoms with van der Waals surface area (Å²) in [5.41, 5.74) is 0.182. The van der Waals surface area contributed by atoms with Gasteiger partial charge in [0.05, 0.1) is 4.92 Å². The Morgan fingerprint density at radius 3 is 2.48 bits per heavy atom. The minimum Gasteiger partial charge on any atom is -0.443 e. The minimum atomic E-state index is -0.669. The number of nitro benzene ring substituents is 1. The molecule has 0 spiro atoms. The van der Waals surface area contributed by atoms with Gasteiger partial charge in [-0.2, -0.15) is 0 Å². The molecule has 1 aliphatic heterocycles. The molecule has 0 bridgehead atoms. The van der Waals surface area contributed by atoms with Crippen molar-refractivity contribution in [2.75, 3.05) is 0 Å². The second-order valence-electron chi connectivity index (χ2n) is 6.56. The maximum Gasteiger partial charge on any atom is 0.417 e. The van der Waals surface area contributed by atoms with Crippen LogP contribution < -0.4 is 0 Å². The van der Waals surface area contributed by atoms with Crippen LogP contribution >= 0.6 is 0 Å². The number of hydrogen-bond donors (Lipinski definition) is 0. The van der Waals surface area contributed by atoms with Crippen molar-refractivity contribution in [3.63, 3.8) is 0 Å². The fraction of sp³-hybridized carbons (Fsp3) is 0.500. The summed E-state index contributed by atoms with van der Waals surface area (Å²) >= 11 is 0. The van der Waals surface area contributed by atoms with Crippen molar-refractivity contribution in [3.05, 3.63) is 39.9 Å². The molecular formula is C16H20N2O5. The Kier molecular flexibility index (Phi) is 4.68. The second kappa shape index (κ2) is 6.36. The van der Waals surface area contributed by atoms with E-state index >= 15 is 0 Å². The van der Waals surface area contributed by atoms with E-state index in [1.807, 2.05) is 0 Å². The number of amides is 2. The molecule has 0 aliphatic carbocycles. The molecular weight excluding hydrogens is 300 g/mol. The maximum atomic E-state index is 12.2. The molecule has 23 heavy (non-hydrogen) atoms. The van der Waals surface area contributed by atoms with Gasteiger partial charge in [-0.1, -0.05) is 12.1 Å². The monoisotopic (exact) mass is 320 g/mol. The number of carbonyl (C=O) groups is 2. The maximum absolute atomic E-state index is 12.2. The van der Waals surface area contributed by atoms with E-state index in [0.717, 1.165) is 5.56 Å². The highest BCUT2D eigenvalue weighted by atomic mass is 16.6. The van der Waals surface area contributed by atoms with E-state index in [2.05, 4.69) is 0 Å². The van der Waals surface area contributed by atoms with Crippen LogP contribution in [0.5, 0.6) is 0 Å². The van der Waals surface area contributed by atoms with Crippen LogP contribution in [0.2, 0.25) is 0 Å². The van der Waals surface area contributed by atoms with Gasteiger partial charge in [-0.15, -0.1) is 0 Å². The van der Waals surface area contributed by atoms with Gasteiger partial charge in [0.1, 0.15) is 5.60 Å². The van der Waals surface area contributed by atoms with Crippen molar-refractivity contribution in [2.24, 2.45) is 0 Å². The number of imide groups is 1. The van der Waals surface area contributed by atoms with Crippen LogP contribution in [-0.4, -0.2) is 33.5 Å². The normalized spacial score (nSPS) is 18.1. The van der Waals surface area contributed by atoms with Crippen molar-refractivity contribution in [3.8, 4) is 0 Å². The number of rotatable bonds is 3. The van der Waals surface area contributed by atoms with Crippen LogP contribution in [-0.2, 0) is 16.0 Å². The van der Waals surface area contributed by atoms with E-state index in [4.69, 9.17) is 4.74 Å². The predicted molar refractivity (Wildman–Crippen MR) is 82.9 cm³/mol. The molecule has 124 valence electrons. The van der Waals surface area contributed by atoms with Crippen LogP contribution in [0.3, 0.4) is 0 Å². The summed E-state index contributed by atoms with van der Waals surface area (Å²) in [5.74, 6) is -0.244. The standard InChI is InChI=1S/C16H20N2O5/c1-16(2,3)23-15(20)17-13(8-9-14(17)19)10-11-4-6-12(7-5-11)18(21)22/h4-7,13H,8-10H2,1-3H3. The lowest BCUT2D eigenvalue weighted by molar-refractivity contribution is -0.384. The fourth-order valence-electron chi connectivity index (χ4n) is 2.52. The molecule has 0 aromatic heterocycles. The molecule has 7 heteroatoms. The molecule has 1 aliphatic rings. The van der Waals surface area contributed by atoms with E-state index in [1.54, 1.807) is 32.9 Å². The quantitative estimate of drug-likeness (QED) is 0.630. The molecule has 7 nitrogen and oxygen atoms in total. The number of non-ortho nitro benzene ring substituents is 1. The first-order chi connectivity index (χ1) is 10.7. The van der Waals surface area contributed by atoms with E-state index < -0.39 is 16.6 Å². The Hall–Kier alpha value is -2.44. The summed E-state index contributed by atoms with van der Waals surface area (Å²) in [4.78, 5) is 35.6. The van der Waals surface area contributed by atoms with Crippen LogP contribution in [0.1, 0.15) is 39.2 Å². The lowest BCUT2D eigenvalue weighted by Crippen LogP contribution is -2.43. The van der Waals surface area contributed by atoms with Gasteiger partial charge >= 0.3 is 6.09 Å². The first kappa shape index (κ1) is 16.9. The summed E-state index contributed by atoms with van der Waals surface area (Å²) in [7, 11) is 0. The van der Waals surface area contributed by atoms with E-state index in [0.29, 0.717) is 19.3 Å². The lowest BCUT2D eigenvalue weighted by Gasteiger charge is -2.27. The van der Waals surface area contributed by atoms with Crippen molar-refractivity contribution in [1.82, 2.24) is 4.90 Å². The predicted octanol–water partition coefficient (Wildman–Crippen LogP) is 3.06. The smallest absolute Gasteiger partial charge is 0.417 e. The van der Waals surface area contributed by atoms with Gasteiger partial charge in [0.15, 0.2) is 0 Å². The highest BCUT2D eigenvalue weighted by Gasteiger charge is 2.38. The molecule has 1 aromatic carbocycles. The first-order valence-electron chi connectivity index (χ1n) is 7.46. The molecule has 1 unspecified atom stereocenters. The Morgan fingerprint density at radius 2 is 1.96 bits per heavy atom. The number of hydrogen-bond acceptors (Lipinski definition) is 5. The van der Waals surface area contributed by atoms with E-state index in [-0.39, 0.29) is 17.6 Å². The third-order valence-corrected chi connectivity index (χ3v) is 3.53. The van der Waals surface area contributed by atoms with Crippen LogP contribution in [0.15, 0.2) is 24.3 Å². The lowest BCUT2D eigenvalue weighted by atomic mass is 10.0. The zero-order chi connectivity index (χ0) is 17.2. The Morgan fingerprint density at radius 1 is 1.35 bits per heavy atom. The summed E-state index contributed by atoms with van der Waals surface area (Å²) < 4.78 is 5.29. The molecule has 0 radical (unpaired) electrons. The molecule has 2 amide bonds. The number of benzene rings is 1. The van der Waals surface area contributed by atoms with Crippen LogP contribution in [0.25, 0.3) is 0 Å². The summed E-state index contributed by atoms with van der Waals surface area (Å²) in [5, 5.41) is 10.7. The number of nitrogens with zero attached hydrogens (tertiary/aromatic N) is 2. The van der Waals surface area contributed by atoms with Gasteiger partial charge in [0, 0.05) is 24.6 Å². The fourth-order valence-corrected chi connectivity index (χ4v) is 2.52. The molecule has 2 rings (SSSR count). The number of likely N-dealkylation sites (tertiary alicyclic amines) is 1. The van der Waals surface area contributed by atoms with Gasteiger partial charge < -0.3 is 4.74 Å². The van der Waals surface area contributed by atoms with Crippen LogP contribution in [0.4, 0.5) is 10.5 Å². The van der Waals surface area contributed by atoms with Crippen molar-refractivity contribution in [2.45, 2.75) is 51.7 Å². The highest BCUT2D eigenvalue weighted by Crippen LogP contribution is 2.25. The molecule has 1 saturated heterocycles. The molecule has 1 aromatic rings. The SMILES string of the molecule is CC(C)(C)OC(=O)N1C(=O)CCC1Cc1ccc([N+](=O)[O-])cc1. The number of ether oxygens (including phenoxy) is 1. The van der Waals surface area contributed by atoms with Gasteiger partial charge in [0.25, 0.3) is 5.69 Å². The summed E-state index contributed by atoms with van der Waals surface area (Å²) in [6, 6.07) is 5.86. The van der Waals surface area contributed by atoms with Gasteiger partial charge in [-0.25, -0.2) is 9.69 Å². The largest absolute Gasteiger partial charge is 0.443 e. The Bertz CT molecular complexity index is 618. The molecule has 0 N–H and O–H groups in total. The van der Waals surface area contributed by atoms with Crippen molar-refractivity contribution < 1.29 is 19.2 Å². The minimum absolute atomic E-state index is 0.0141. The number of carbonyl (C=O) groups excluding carboxylic acids is 2. The third kappa shape index (κ3) is 4.28. The average Bonchev–Trinajstić information content (AvgIpc) is 2.78. The molecule has 0 saturated carbocycles. The zero-order valence-electron chi connectivity index (χ0n) is 13.4. The summed E-state index contributed by atoms with van der Waals surface area (Å²) in [6.45, 7) is 5.24. The van der Waals surface area contributed by atoms with Crippen molar-refractivity contribution >= 4 is 17.7 Å². The van der Waals surface area contributed by atoms with E-state index in [9.17, 15) is 19.7 Å². The zero-order valence-corrected chi connectivity index (χ0v) is 13.4. The Balaban J connectivity index is 2.10. The number of nitro groups is 1. The molecule has 1 heterocycles. The summed E-state index contributed by atoms with van der Waals surface area (Å²) in [6.07, 6.45) is 0.696. The third-order valence-electron chi connectivity index (χ3n) is 3.53. The van der Waals surface area contributed by atoms with E-state index in [1.165, 1.54) is 17.0 Å². The van der Waals surface area contributed by atoms with Gasteiger partial charge in [0.2, 0.25) is 5.91 Å². The topological polar surface area (TPSA) is 89.8 Å². The van der Waals surface area contributed by atoms with Gasteiger partial charge in [-0.3, -0.25) is 14.9 Å². The Labute approximate surface area is 134 Å². The van der Waals surface area contributed by atoms with Crippen molar-refractivity contribution in [1.29, 1.82) is 0 Å². The molecule has 1 fully saturated rings. The highest BCUT2D eigenvalue weighted by molar-refractivity contribution is 5.94.